The molecule has 3 rings (SSSR count). The number of carbonyl (C=O) groups is 2. The molecule has 0 radical (unpaired) electrons. The van der Waals surface area contributed by atoms with Gasteiger partial charge in [0.2, 0.25) is 0 Å². The van der Waals surface area contributed by atoms with Crippen LogP contribution < -0.4 is 14.2 Å². The number of para-hydroxylation sites is 3. The summed E-state index contributed by atoms with van der Waals surface area (Å²) in [6.07, 6.45) is 1.67. The zero-order valence-corrected chi connectivity index (χ0v) is 15.8. The maximum Gasteiger partial charge on any atom is 0.293 e. The van der Waals surface area contributed by atoms with E-state index >= 15 is 0 Å². The maximum absolute atomic E-state index is 12.6. The molecule has 0 spiro atoms. The van der Waals surface area contributed by atoms with Gasteiger partial charge in [0.1, 0.15) is 12.4 Å². The van der Waals surface area contributed by atoms with Crippen molar-refractivity contribution < 1.29 is 23.8 Å². The summed E-state index contributed by atoms with van der Waals surface area (Å²) in [6, 6.07) is 14.5. The van der Waals surface area contributed by atoms with Crippen LogP contribution in [-0.4, -0.2) is 43.4 Å². The summed E-state index contributed by atoms with van der Waals surface area (Å²) in [5.74, 6) is 1.47. The normalized spacial score (nSPS) is 15.3. The lowest BCUT2D eigenvalue weighted by atomic mass is 10.2. The lowest BCUT2D eigenvalue weighted by Gasteiger charge is -2.14. The molecule has 140 valence electrons. The SMILES string of the molecule is COc1ccccc1/C=C1\SC(=O)N(CCOc2ccccc2OC)C1=O. The molecule has 1 aliphatic rings. The third-order valence-electron chi connectivity index (χ3n) is 3.94. The Morgan fingerprint density at radius 2 is 1.56 bits per heavy atom. The van der Waals surface area contributed by atoms with E-state index in [9.17, 15) is 9.59 Å². The largest absolute Gasteiger partial charge is 0.496 e. The number of ether oxygens (including phenoxy) is 3. The minimum Gasteiger partial charge on any atom is -0.496 e. The van der Waals surface area contributed by atoms with Crippen molar-refractivity contribution in [2.75, 3.05) is 27.4 Å². The Morgan fingerprint density at radius 3 is 2.26 bits per heavy atom. The van der Waals surface area contributed by atoms with Crippen molar-refractivity contribution in [1.29, 1.82) is 0 Å². The van der Waals surface area contributed by atoms with Crippen LogP contribution in [0.4, 0.5) is 4.79 Å². The Balaban J connectivity index is 1.67. The van der Waals surface area contributed by atoms with Gasteiger partial charge in [-0.05, 0) is 36.0 Å². The lowest BCUT2D eigenvalue weighted by molar-refractivity contribution is -0.123. The number of amides is 2. The fourth-order valence-electron chi connectivity index (χ4n) is 2.60. The molecule has 1 aliphatic heterocycles. The summed E-state index contributed by atoms with van der Waals surface area (Å²) in [7, 11) is 3.12. The Morgan fingerprint density at radius 1 is 0.926 bits per heavy atom. The van der Waals surface area contributed by atoms with Gasteiger partial charge in [0, 0.05) is 5.56 Å². The third-order valence-corrected chi connectivity index (χ3v) is 4.85. The highest BCUT2D eigenvalue weighted by Crippen LogP contribution is 2.34. The van der Waals surface area contributed by atoms with E-state index in [1.807, 2.05) is 30.3 Å². The van der Waals surface area contributed by atoms with Crippen LogP contribution in [0.1, 0.15) is 5.56 Å². The van der Waals surface area contributed by atoms with E-state index in [2.05, 4.69) is 0 Å². The number of thioether (sulfide) groups is 1. The van der Waals surface area contributed by atoms with Crippen LogP contribution in [0.5, 0.6) is 17.2 Å². The molecule has 0 aromatic heterocycles. The van der Waals surface area contributed by atoms with Crippen molar-refractivity contribution in [3.63, 3.8) is 0 Å². The number of imide groups is 1. The fraction of sp³-hybridized carbons (Fsp3) is 0.200. The van der Waals surface area contributed by atoms with Gasteiger partial charge in [-0.3, -0.25) is 14.5 Å². The van der Waals surface area contributed by atoms with Crippen molar-refractivity contribution in [1.82, 2.24) is 4.90 Å². The molecule has 1 fully saturated rings. The minimum atomic E-state index is -0.334. The quantitative estimate of drug-likeness (QED) is 0.675. The number of hydrogen-bond acceptors (Lipinski definition) is 6. The predicted octanol–water partition coefficient (Wildman–Crippen LogP) is 3.82. The highest BCUT2D eigenvalue weighted by Gasteiger charge is 2.35. The van der Waals surface area contributed by atoms with Gasteiger partial charge in [-0.15, -0.1) is 0 Å². The fourth-order valence-corrected chi connectivity index (χ4v) is 3.46. The van der Waals surface area contributed by atoms with Crippen molar-refractivity contribution in [2.45, 2.75) is 0 Å². The average molecular weight is 385 g/mol. The molecule has 27 heavy (non-hydrogen) atoms. The number of benzene rings is 2. The van der Waals surface area contributed by atoms with Gasteiger partial charge < -0.3 is 14.2 Å². The van der Waals surface area contributed by atoms with E-state index < -0.39 is 0 Å². The topological polar surface area (TPSA) is 65.1 Å². The number of rotatable bonds is 7. The van der Waals surface area contributed by atoms with Crippen LogP contribution in [0, 0.1) is 0 Å². The number of methoxy groups -OCH3 is 2. The van der Waals surface area contributed by atoms with Crippen molar-refractivity contribution in [3.8, 4) is 17.2 Å². The number of nitrogens with zero attached hydrogens (tertiary/aromatic N) is 1. The Kier molecular flexibility index (Phi) is 6.03. The van der Waals surface area contributed by atoms with Gasteiger partial charge in [0.15, 0.2) is 11.5 Å². The molecule has 2 aromatic rings. The van der Waals surface area contributed by atoms with Crippen molar-refractivity contribution in [3.05, 3.63) is 59.0 Å². The maximum atomic E-state index is 12.6. The highest BCUT2D eigenvalue weighted by atomic mass is 32.2. The zero-order valence-electron chi connectivity index (χ0n) is 15.0. The number of hydrogen-bond donors (Lipinski definition) is 0. The molecule has 7 heteroatoms. The first kappa shape index (κ1) is 18.8. The van der Waals surface area contributed by atoms with Crippen LogP contribution in [0.2, 0.25) is 0 Å². The first-order valence-electron chi connectivity index (χ1n) is 8.28. The molecule has 0 N–H and O–H groups in total. The zero-order chi connectivity index (χ0) is 19.2. The summed E-state index contributed by atoms with van der Waals surface area (Å²) >= 11 is 0.912. The summed E-state index contributed by atoms with van der Waals surface area (Å²) in [4.78, 5) is 26.3. The van der Waals surface area contributed by atoms with Gasteiger partial charge in [-0.2, -0.15) is 0 Å². The smallest absolute Gasteiger partial charge is 0.293 e. The van der Waals surface area contributed by atoms with Gasteiger partial charge in [-0.25, -0.2) is 0 Å². The van der Waals surface area contributed by atoms with E-state index in [1.54, 1.807) is 38.5 Å². The summed E-state index contributed by atoms with van der Waals surface area (Å²) in [6.45, 7) is 0.340. The van der Waals surface area contributed by atoms with Crippen LogP contribution in [-0.2, 0) is 4.79 Å². The van der Waals surface area contributed by atoms with E-state index in [0.29, 0.717) is 22.2 Å². The summed E-state index contributed by atoms with van der Waals surface area (Å²) in [5.41, 5.74) is 0.746. The van der Waals surface area contributed by atoms with Gasteiger partial charge in [0.05, 0.1) is 25.7 Å². The molecule has 6 nitrogen and oxygen atoms in total. The van der Waals surface area contributed by atoms with Crippen LogP contribution in [0.3, 0.4) is 0 Å². The minimum absolute atomic E-state index is 0.159. The molecule has 1 saturated heterocycles. The molecule has 0 unspecified atom stereocenters. The van der Waals surface area contributed by atoms with Crippen LogP contribution in [0.15, 0.2) is 53.4 Å². The number of carbonyl (C=O) groups excluding carboxylic acids is 2. The van der Waals surface area contributed by atoms with Gasteiger partial charge >= 0.3 is 0 Å². The third kappa shape index (κ3) is 4.25. The molecule has 0 bridgehead atoms. The Hall–Kier alpha value is -2.93. The molecular formula is C20H19NO5S. The molecule has 2 amide bonds. The first-order chi connectivity index (χ1) is 13.1. The molecule has 0 atom stereocenters. The molecule has 0 saturated carbocycles. The van der Waals surface area contributed by atoms with E-state index in [-0.39, 0.29) is 24.3 Å². The standard InChI is InChI=1S/C20H19NO5S/c1-24-15-8-4-3-7-14(15)13-18-19(22)21(20(23)27-18)11-12-26-17-10-6-5-9-16(17)25-2/h3-10,13H,11-12H2,1-2H3/b18-13-. The second kappa shape index (κ2) is 8.64. The van der Waals surface area contributed by atoms with Gasteiger partial charge in [0.25, 0.3) is 11.1 Å². The Bertz CT molecular complexity index is 880. The Labute approximate surface area is 161 Å². The van der Waals surface area contributed by atoms with Crippen molar-refractivity contribution >= 4 is 29.0 Å². The second-order valence-corrected chi connectivity index (χ2v) is 6.57. The second-order valence-electron chi connectivity index (χ2n) is 5.57. The first-order valence-corrected chi connectivity index (χ1v) is 9.10. The van der Waals surface area contributed by atoms with Crippen molar-refractivity contribution in [2.24, 2.45) is 0 Å². The van der Waals surface area contributed by atoms with E-state index in [4.69, 9.17) is 14.2 Å². The summed E-state index contributed by atoms with van der Waals surface area (Å²) in [5, 5.41) is -0.315. The molecule has 0 aliphatic carbocycles. The lowest BCUT2D eigenvalue weighted by Crippen LogP contribution is -2.32. The summed E-state index contributed by atoms with van der Waals surface area (Å²) < 4.78 is 16.2. The van der Waals surface area contributed by atoms with Gasteiger partial charge in [-0.1, -0.05) is 30.3 Å². The van der Waals surface area contributed by atoms with Crippen LogP contribution in [0.25, 0.3) is 6.08 Å². The van der Waals surface area contributed by atoms with E-state index in [1.165, 1.54) is 4.90 Å². The molecular weight excluding hydrogens is 366 g/mol. The van der Waals surface area contributed by atoms with E-state index in [0.717, 1.165) is 17.3 Å². The monoisotopic (exact) mass is 385 g/mol. The highest BCUT2D eigenvalue weighted by molar-refractivity contribution is 8.18. The predicted molar refractivity (Wildman–Crippen MR) is 104 cm³/mol. The van der Waals surface area contributed by atoms with Crippen LogP contribution >= 0.6 is 11.8 Å². The average Bonchev–Trinajstić information content (AvgIpc) is 2.96. The molecule has 1 heterocycles. The molecule has 2 aromatic carbocycles.